The van der Waals surface area contributed by atoms with E-state index in [1.807, 2.05) is 13.8 Å². The normalized spacial score (nSPS) is 11.1. The van der Waals surface area contributed by atoms with Gasteiger partial charge in [-0.15, -0.1) is 11.3 Å². The number of amides is 2. The molecule has 1 aromatic heterocycles. The molecule has 1 N–H and O–H groups in total. The predicted octanol–water partition coefficient (Wildman–Crippen LogP) is 4.28. The number of nitrogens with one attached hydrogen (secondary N) is 1. The lowest BCUT2D eigenvalue weighted by Crippen LogP contribution is -2.32. The van der Waals surface area contributed by atoms with E-state index in [0.29, 0.717) is 10.8 Å². The highest BCUT2D eigenvalue weighted by Gasteiger charge is 2.20. The smallest absolute Gasteiger partial charge is 0.244 e. The molecule has 5 nitrogen and oxygen atoms in total. The minimum Gasteiger partial charge on any atom is -0.350 e. The highest BCUT2D eigenvalue weighted by molar-refractivity contribution is 7.14. The van der Waals surface area contributed by atoms with Gasteiger partial charge >= 0.3 is 0 Å². The Balaban J connectivity index is 2.17. The van der Waals surface area contributed by atoms with Crippen LogP contribution in [-0.4, -0.2) is 22.8 Å². The Morgan fingerprint density at radius 2 is 2.00 bits per heavy atom. The first-order valence-electron chi connectivity index (χ1n) is 8.45. The summed E-state index contributed by atoms with van der Waals surface area (Å²) in [6.07, 6.45) is 4.73. The van der Waals surface area contributed by atoms with E-state index in [1.54, 1.807) is 23.6 Å². The molecule has 0 aliphatic rings. The zero-order valence-corrected chi connectivity index (χ0v) is 15.8. The number of hydrogen-bond donors (Lipinski definition) is 1. The van der Waals surface area contributed by atoms with Crippen LogP contribution in [0.5, 0.6) is 0 Å². The fraction of sp³-hybridized carbons (Fsp3) is 0.316. The third kappa shape index (κ3) is 4.98. The molecular weight excluding hydrogens is 353 g/mol. The summed E-state index contributed by atoms with van der Waals surface area (Å²) in [5.74, 6) is -1.03. The van der Waals surface area contributed by atoms with Gasteiger partial charge in [0.2, 0.25) is 11.8 Å². The number of thiazole rings is 1. The molecule has 26 heavy (non-hydrogen) atoms. The van der Waals surface area contributed by atoms with Crippen molar-refractivity contribution in [1.82, 2.24) is 10.3 Å². The van der Waals surface area contributed by atoms with E-state index in [-0.39, 0.29) is 23.5 Å². The molecule has 138 valence electrons. The van der Waals surface area contributed by atoms with Gasteiger partial charge < -0.3 is 5.32 Å². The Bertz CT molecular complexity index is 800. The number of aromatic nitrogens is 1. The van der Waals surface area contributed by atoms with Crippen molar-refractivity contribution in [3.8, 4) is 0 Å². The average Bonchev–Trinajstić information content (AvgIpc) is 3.08. The van der Waals surface area contributed by atoms with Gasteiger partial charge in [-0.25, -0.2) is 9.37 Å². The molecular formula is C19H22FN3O2S. The summed E-state index contributed by atoms with van der Waals surface area (Å²) >= 11 is 1.21. The van der Waals surface area contributed by atoms with Crippen molar-refractivity contribution in [1.29, 1.82) is 0 Å². The average molecular weight is 375 g/mol. The summed E-state index contributed by atoms with van der Waals surface area (Å²) < 4.78 is 14.1. The van der Waals surface area contributed by atoms with Crippen molar-refractivity contribution in [2.45, 2.75) is 39.7 Å². The van der Waals surface area contributed by atoms with Crippen LogP contribution in [-0.2, 0) is 9.59 Å². The first-order chi connectivity index (χ1) is 12.5. The highest BCUT2D eigenvalue weighted by atomic mass is 32.1. The molecule has 0 fully saturated rings. The fourth-order valence-corrected chi connectivity index (χ4v) is 3.25. The highest BCUT2D eigenvalue weighted by Crippen LogP contribution is 2.30. The number of carbonyl (C=O) groups is 2. The molecule has 0 spiro atoms. The van der Waals surface area contributed by atoms with Crippen molar-refractivity contribution < 1.29 is 14.0 Å². The van der Waals surface area contributed by atoms with E-state index >= 15 is 0 Å². The van der Waals surface area contributed by atoms with Crippen molar-refractivity contribution in [2.75, 3.05) is 4.90 Å². The SMILES string of the molecule is CCC(CC)NC(=O)/C=C/c1csc(N(C(C)=O)c2ccccc2F)n1. The van der Waals surface area contributed by atoms with Gasteiger partial charge in [0.15, 0.2) is 5.13 Å². The zero-order chi connectivity index (χ0) is 19.1. The topological polar surface area (TPSA) is 62.3 Å². The Hall–Kier alpha value is -2.54. The maximum Gasteiger partial charge on any atom is 0.244 e. The van der Waals surface area contributed by atoms with Crippen LogP contribution in [0.3, 0.4) is 0 Å². The largest absolute Gasteiger partial charge is 0.350 e. The summed E-state index contributed by atoms with van der Waals surface area (Å²) in [7, 11) is 0. The van der Waals surface area contributed by atoms with Gasteiger partial charge in [-0.2, -0.15) is 0 Å². The van der Waals surface area contributed by atoms with Crippen molar-refractivity contribution in [3.05, 3.63) is 47.2 Å². The maximum atomic E-state index is 14.1. The van der Waals surface area contributed by atoms with Gasteiger partial charge in [0.25, 0.3) is 0 Å². The van der Waals surface area contributed by atoms with Gasteiger partial charge in [0.05, 0.1) is 11.4 Å². The van der Waals surface area contributed by atoms with Crippen LogP contribution in [0.1, 0.15) is 39.3 Å². The Labute approximate surface area is 156 Å². The first-order valence-corrected chi connectivity index (χ1v) is 9.33. The molecule has 2 aromatic rings. The lowest BCUT2D eigenvalue weighted by molar-refractivity contribution is -0.117. The number of nitrogens with zero attached hydrogens (tertiary/aromatic N) is 2. The van der Waals surface area contributed by atoms with E-state index < -0.39 is 5.82 Å². The van der Waals surface area contributed by atoms with Crippen LogP contribution < -0.4 is 10.2 Å². The standard InChI is InChI=1S/C19H22FN3O2S/c1-4-14(5-2)21-18(25)11-10-15-12-26-19(22-15)23(13(3)24)17-9-7-6-8-16(17)20/h6-12,14H,4-5H2,1-3H3,(H,21,25)/b11-10+. The van der Waals surface area contributed by atoms with E-state index in [1.165, 1.54) is 41.4 Å². The number of benzene rings is 1. The molecule has 0 saturated carbocycles. The van der Waals surface area contributed by atoms with Gasteiger partial charge in [0, 0.05) is 24.4 Å². The second kappa shape index (κ2) is 9.24. The van der Waals surface area contributed by atoms with Crippen molar-refractivity contribution in [2.24, 2.45) is 0 Å². The maximum absolute atomic E-state index is 14.1. The molecule has 0 radical (unpaired) electrons. The quantitative estimate of drug-likeness (QED) is 0.735. The number of anilines is 2. The minimum absolute atomic E-state index is 0.146. The molecule has 0 saturated heterocycles. The van der Waals surface area contributed by atoms with Crippen LogP contribution in [0.25, 0.3) is 6.08 Å². The molecule has 0 atom stereocenters. The number of carbonyl (C=O) groups excluding carboxylic acids is 2. The van der Waals surface area contributed by atoms with Crippen LogP contribution in [0.4, 0.5) is 15.2 Å². The molecule has 1 heterocycles. The monoisotopic (exact) mass is 375 g/mol. The zero-order valence-electron chi connectivity index (χ0n) is 15.0. The first kappa shape index (κ1) is 19.8. The molecule has 0 aliphatic carbocycles. The lowest BCUT2D eigenvalue weighted by atomic mass is 10.2. The molecule has 1 aromatic carbocycles. The number of hydrogen-bond acceptors (Lipinski definition) is 4. The molecule has 7 heteroatoms. The van der Waals surface area contributed by atoms with E-state index in [9.17, 15) is 14.0 Å². The summed E-state index contributed by atoms with van der Waals surface area (Å²) in [5.41, 5.74) is 0.684. The molecule has 0 bridgehead atoms. The van der Waals surface area contributed by atoms with Crippen LogP contribution in [0.2, 0.25) is 0 Å². The molecule has 0 unspecified atom stereocenters. The molecule has 2 amide bonds. The second-order valence-electron chi connectivity index (χ2n) is 5.72. The van der Waals surface area contributed by atoms with E-state index in [2.05, 4.69) is 10.3 Å². The van der Waals surface area contributed by atoms with Gasteiger partial charge in [-0.1, -0.05) is 26.0 Å². The summed E-state index contributed by atoms with van der Waals surface area (Å²) in [6, 6.07) is 6.18. The fourth-order valence-electron chi connectivity index (χ4n) is 2.40. The number of halogens is 1. The third-order valence-corrected chi connectivity index (χ3v) is 4.69. The number of para-hydroxylation sites is 1. The lowest BCUT2D eigenvalue weighted by Gasteiger charge is -2.18. The Kier molecular flexibility index (Phi) is 7.03. The number of rotatable bonds is 7. The van der Waals surface area contributed by atoms with Gasteiger partial charge in [-0.05, 0) is 31.1 Å². The second-order valence-corrected chi connectivity index (χ2v) is 6.55. The van der Waals surface area contributed by atoms with E-state index in [0.717, 1.165) is 12.8 Å². The van der Waals surface area contributed by atoms with Crippen molar-refractivity contribution >= 4 is 40.0 Å². The minimum atomic E-state index is -0.500. The van der Waals surface area contributed by atoms with Crippen LogP contribution >= 0.6 is 11.3 Å². The molecule has 2 rings (SSSR count). The predicted molar refractivity (Wildman–Crippen MR) is 103 cm³/mol. The van der Waals surface area contributed by atoms with Gasteiger partial charge in [-0.3, -0.25) is 14.5 Å². The van der Waals surface area contributed by atoms with Crippen LogP contribution in [0, 0.1) is 5.82 Å². The van der Waals surface area contributed by atoms with Crippen LogP contribution in [0.15, 0.2) is 35.7 Å². The Morgan fingerprint density at radius 3 is 2.62 bits per heavy atom. The third-order valence-electron chi connectivity index (χ3n) is 3.85. The summed E-state index contributed by atoms with van der Waals surface area (Å²) in [5, 5.41) is 4.97. The van der Waals surface area contributed by atoms with Gasteiger partial charge in [0.1, 0.15) is 5.82 Å². The Morgan fingerprint density at radius 1 is 1.31 bits per heavy atom. The van der Waals surface area contributed by atoms with E-state index in [4.69, 9.17) is 0 Å². The summed E-state index contributed by atoms with van der Waals surface area (Å²) in [4.78, 5) is 29.5. The summed E-state index contributed by atoms with van der Waals surface area (Å²) in [6.45, 7) is 5.39. The molecule has 0 aliphatic heterocycles. The van der Waals surface area contributed by atoms with Crippen molar-refractivity contribution in [3.63, 3.8) is 0 Å².